The first-order valence-electron chi connectivity index (χ1n) is 7.32. The Morgan fingerprint density at radius 1 is 1.26 bits per heavy atom. The van der Waals surface area contributed by atoms with Crippen LogP contribution in [0.15, 0.2) is 4.99 Å². The molecule has 5 heteroatoms. The van der Waals surface area contributed by atoms with Gasteiger partial charge in [0.15, 0.2) is 5.17 Å². The highest BCUT2D eigenvalue weighted by atomic mass is 32.2. The van der Waals surface area contributed by atoms with Gasteiger partial charge in [-0.2, -0.15) is 0 Å². The van der Waals surface area contributed by atoms with Gasteiger partial charge >= 0.3 is 0 Å². The minimum Gasteiger partial charge on any atom is -0.382 e. The second-order valence-electron chi connectivity index (χ2n) is 5.50. The summed E-state index contributed by atoms with van der Waals surface area (Å²) in [6, 6.07) is 0. The maximum atomic E-state index is 5.43. The summed E-state index contributed by atoms with van der Waals surface area (Å²) in [5.41, 5.74) is 0.541. The Morgan fingerprint density at radius 2 is 2.11 bits per heavy atom. The maximum absolute atomic E-state index is 5.43. The van der Waals surface area contributed by atoms with Gasteiger partial charge in [0.1, 0.15) is 0 Å². The maximum Gasteiger partial charge on any atom is 0.156 e. The molecule has 2 rings (SSSR count). The van der Waals surface area contributed by atoms with Crippen molar-refractivity contribution in [1.82, 2.24) is 5.32 Å². The van der Waals surface area contributed by atoms with Gasteiger partial charge in [-0.3, -0.25) is 4.99 Å². The van der Waals surface area contributed by atoms with Crippen LogP contribution in [0.4, 0.5) is 0 Å². The van der Waals surface area contributed by atoms with Crippen LogP contribution in [0.25, 0.3) is 0 Å². The highest BCUT2D eigenvalue weighted by Gasteiger charge is 2.36. The first-order valence-corrected chi connectivity index (χ1v) is 8.31. The molecule has 1 aliphatic heterocycles. The van der Waals surface area contributed by atoms with E-state index in [9.17, 15) is 0 Å². The molecule has 1 heterocycles. The van der Waals surface area contributed by atoms with Gasteiger partial charge in [0, 0.05) is 32.6 Å². The van der Waals surface area contributed by atoms with Crippen molar-refractivity contribution in [2.75, 3.05) is 45.8 Å². The zero-order valence-electron chi connectivity index (χ0n) is 12.0. The number of methoxy groups -OCH3 is 1. The fourth-order valence-corrected chi connectivity index (χ4v) is 3.88. The summed E-state index contributed by atoms with van der Waals surface area (Å²) in [4.78, 5) is 4.72. The molecule has 0 saturated heterocycles. The Hall–Kier alpha value is -0.260. The van der Waals surface area contributed by atoms with Crippen molar-refractivity contribution < 1.29 is 9.47 Å². The smallest absolute Gasteiger partial charge is 0.156 e. The van der Waals surface area contributed by atoms with Crippen molar-refractivity contribution in [2.24, 2.45) is 10.4 Å². The number of aliphatic imine (C=N–C) groups is 1. The van der Waals surface area contributed by atoms with E-state index in [2.05, 4.69) is 5.32 Å². The van der Waals surface area contributed by atoms with Crippen molar-refractivity contribution >= 4 is 16.9 Å². The van der Waals surface area contributed by atoms with E-state index in [1.807, 2.05) is 11.8 Å². The zero-order valence-corrected chi connectivity index (χ0v) is 12.8. The molecule has 0 aromatic rings. The molecule has 0 amide bonds. The number of hydrogen-bond acceptors (Lipinski definition) is 5. The molecule has 4 nitrogen and oxygen atoms in total. The third-order valence-electron chi connectivity index (χ3n) is 3.91. The molecule has 0 bridgehead atoms. The second-order valence-corrected chi connectivity index (χ2v) is 6.47. The number of nitrogens with one attached hydrogen (secondary N) is 1. The van der Waals surface area contributed by atoms with Crippen molar-refractivity contribution in [1.29, 1.82) is 0 Å². The number of hydrogen-bond donors (Lipinski definition) is 1. The Morgan fingerprint density at radius 3 is 2.79 bits per heavy atom. The number of nitrogens with zero attached hydrogens (tertiary/aromatic N) is 1. The number of amidine groups is 1. The molecule has 1 aliphatic carbocycles. The van der Waals surface area contributed by atoms with Gasteiger partial charge < -0.3 is 14.8 Å². The lowest BCUT2D eigenvalue weighted by Crippen LogP contribution is -2.34. The van der Waals surface area contributed by atoms with Crippen LogP contribution in [0.1, 0.15) is 32.1 Å². The third kappa shape index (κ3) is 4.97. The molecular formula is C14H26N2O2S. The Balaban J connectivity index is 1.53. The van der Waals surface area contributed by atoms with E-state index in [1.165, 1.54) is 31.4 Å². The normalized spacial score (nSPS) is 21.6. The third-order valence-corrected chi connectivity index (χ3v) is 5.21. The molecule has 0 unspecified atom stereocenters. The standard InChI is InChI=1S/C14H26N2O2S/c1-17-9-10-18-8-4-7-15-13-16-11-14(12-19-13)5-2-3-6-14/h2-12H2,1H3,(H,15,16). The Kier molecular flexibility index (Phi) is 6.47. The molecule has 110 valence electrons. The SMILES string of the molecule is COCCOCCCNC1=NCC2(CCCC2)CS1. The Bertz CT molecular complexity index is 291. The number of thioether (sulfide) groups is 1. The van der Waals surface area contributed by atoms with Crippen LogP contribution in [0, 0.1) is 5.41 Å². The Labute approximate surface area is 120 Å². The van der Waals surface area contributed by atoms with Gasteiger partial charge in [0.25, 0.3) is 0 Å². The van der Waals surface area contributed by atoms with E-state index in [0.717, 1.165) is 31.3 Å². The molecule has 19 heavy (non-hydrogen) atoms. The van der Waals surface area contributed by atoms with Gasteiger partial charge in [0.05, 0.1) is 13.2 Å². The van der Waals surface area contributed by atoms with E-state index in [0.29, 0.717) is 18.6 Å². The molecule has 1 N–H and O–H groups in total. The summed E-state index contributed by atoms with van der Waals surface area (Å²) in [6.07, 6.45) is 6.58. The monoisotopic (exact) mass is 286 g/mol. The molecule has 2 aliphatic rings. The van der Waals surface area contributed by atoms with Gasteiger partial charge in [-0.15, -0.1) is 0 Å². The molecule has 1 fully saturated rings. The fourth-order valence-electron chi connectivity index (χ4n) is 2.70. The average molecular weight is 286 g/mol. The van der Waals surface area contributed by atoms with Crippen molar-refractivity contribution in [2.45, 2.75) is 32.1 Å². The summed E-state index contributed by atoms with van der Waals surface area (Å²) in [6.45, 7) is 4.14. The van der Waals surface area contributed by atoms with Gasteiger partial charge in [-0.05, 0) is 24.7 Å². The molecule has 0 aromatic heterocycles. The minimum absolute atomic E-state index is 0.541. The van der Waals surface area contributed by atoms with Crippen LogP contribution in [0.5, 0.6) is 0 Å². The zero-order chi connectivity index (χ0) is 13.4. The van der Waals surface area contributed by atoms with Crippen LogP contribution in [0.3, 0.4) is 0 Å². The molecule has 0 atom stereocenters. The topological polar surface area (TPSA) is 42.9 Å². The fraction of sp³-hybridized carbons (Fsp3) is 0.929. The quantitative estimate of drug-likeness (QED) is 0.729. The van der Waals surface area contributed by atoms with Crippen molar-refractivity contribution in [3.05, 3.63) is 0 Å². The summed E-state index contributed by atoms with van der Waals surface area (Å²) in [7, 11) is 1.69. The molecular weight excluding hydrogens is 260 g/mol. The lowest BCUT2D eigenvalue weighted by Gasteiger charge is -2.31. The van der Waals surface area contributed by atoms with Crippen LogP contribution in [-0.4, -0.2) is 50.9 Å². The number of ether oxygens (including phenoxy) is 2. The molecule has 1 saturated carbocycles. The second kappa shape index (κ2) is 8.12. The van der Waals surface area contributed by atoms with Gasteiger partial charge in [0.2, 0.25) is 0 Å². The summed E-state index contributed by atoms with van der Waals surface area (Å²) in [5.74, 6) is 1.25. The van der Waals surface area contributed by atoms with Crippen LogP contribution in [-0.2, 0) is 9.47 Å². The van der Waals surface area contributed by atoms with Crippen LogP contribution < -0.4 is 5.32 Å². The summed E-state index contributed by atoms with van der Waals surface area (Å²) in [5, 5.41) is 4.55. The van der Waals surface area contributed by atoms with E-state index in [1.54, 1.807) is 7.11 Å². The van der Waals surface area contributed by atoms with Crippen LogP contribution >= 0.6 is 11.8 Å². The van der Waals surface area contributed by atoms with Crippen molar-refractivity contribution in [3.63, 3.8) is 0 Å². The molecule has 1 spiro atoms. The summed E-state index contributed by atoms with van der Waals surface area (Å²) < 4.78 is 10.4. The molecule has 0 aromatic carbocycles. The van der Waals surface area contributed by atoms with E-state index >= 15 is 0 Å². The predicted octanol–water partition coefficient (Wildman–Crippen LogP) is 2.29. The lowest BCUT2D eigenvalue weighted by atomic mass is 9.89. The van der Waals surface area contributed by atoms with Gasteiger partial charge in [-0.1, -0.05) is 24.6 Å². The number of rotatable bonds is 7. The van der Waals surface area contributed by atoms with Crippen LogP contribution in [0.2, 0.25) is 0 Å². The highest BCUT2D eigenvalue weighted by molar-refractivity contribution is 8.13. The minimum atomic E-state index is 0.541. The lowest BCUT2D eigenvalue weighted by molar-refractivity contribution is 0.0699. The first kappa shape index (κ1) is 15.1. The predicted molar refractivity (Wildman–Crippen MR) is 81.0 cm³/mol. The largest absolute Gasteiger partial charge is 0.382 e. The highest BCUT2D eigenvalue weighted by Crippen LogP contribution is 2.43. The summed E-state index contributed by atoms with van der Waals surface area (Å²) >= 11 is 1.91. The van der Waals surface area contributed by atoms with E-state index in [4.69, 9.17) is 14.5 Å². The average Bonchev–Trinajstić information content (AvgIpc) is 2.89. The van der Waals surface area contributed by atoms with E-state index in [-0.39, 0.29) is 0 Å². The molecule has 0 radical (unpaired) electrons. The van der Waals surface area contributed by atoms with E-state index < -0.39 is 0 Å². The first-order chi connectivity index (χ1) is 9.35. The van der Waals surface area contributed by atoms with Crippen molar-refractivity contribution in [3.8, 4) is 0 Å². The van der Waals surface area contributed by atoms with Gasteiger partial charge in [-0.25, -0.2) is 0 Å².